The summed E-state index contributed by atoms with van der Waals surface area (Å²) in [6, 6.07) is 5.79. The molecule has 0 aliphatic rings. The summed E-state index contributed by atoms with van der Waals surface area (Å²) in [5, 5.41) is 3.99. The molecule has 0 aliphatic carbocycles. The first-order valence-electron chi connectivity index (χ1n) is 9.69. The molecule has 0 unspecified atom stereocenters. The lowest BCUT2D eigenvalue weighted by atomic mass is 9.96. The zero-order chi connectivity index (χ0) is 21.2. The van der Waals surface area contributed by atoms with Crippen LogP contribution in [0.4, 0.5) is 0 Å². The van der Waals surface area contributed by atoms with E-state index < -0.39 is 11.1 Å². The summed E-state index contributed by atoms with van der Waals surface area (Å²) in [5.74, 6) is 1.04. The van der Waals surface area contributed by atoms with Crippen LogP contribution in [0.1, 0.15) is 60.8 Å². The summed E-state index contributed by atoms with van der Waals surface area (Å²) in [4.78, 5) is 28.3. The molecule has 1 amide bonds. The summed E-state index contributed by atoms with van der Waals surface area (Å²) < 4.78 is 6.02. The fourth-order valence-electron chi connectivity index (χ4n) is 2.27. The van der Waals surface area contributed by atoms with Gasteiger partial charge in [-0.05, 0) is 57.0 Å². The number of nitrogens with zero attached hydrogens (tertiary/aromatic N) is 1. The Labute approximate surface area is 177 Å². The van der Waals surface area contributed by atoms with E-state index in [1.165, 1.54) is 0 Å². The molecular weight excluding hydrogens is 392 g/mol. The highest BCUT2D eigenvalue weighted by Gasteiger charge is 2.27. The molecule has 0 fully saturated rings. The third-order valence-corrected chi connectivity index (χ3v) is 6.38. The van der Waals surface area contributed by atoms with E-state index in [9.17, 15) is 9.59 Å². The van der Waals surface area contributed by atoms with Crippen LogP contribution in [0.15, 0.2) is 29.4 Å². The molecule has 1 N–H and O–H groups in total. The molecule has 0 atom stereocenters. The van der Waals surface area contributed by atoms with Crippen molar-refractivity contribution in [3.63, 3.8) is 0 Å². The molecule has 1 heterocycles. The third-order valence-electron chi connectivity index (χ3n) is 4.11. The normalized spacial score (nSPS) is 12.2. The summed E-state index contributed by atoms with van der Waals surface area (Å²) in [5.41, 5.74) is -0.864. The standard InChI is InChI=1S/C21H34N2O3S2/c1-16(2)17(24)10-12-21(5,6)26-15-20(3,4)23-18(25)11-14-27-28-19-9-7-8-13-22-19/h7-9,13,16H,10-12,14-15H2,1-6H3,(H,23,25). The van der Waals surface area contributed by atoms with Crippen LogP contribution in [0.2, 0.25) is 0 Å². The van der Waals surface area contributed by atoms with Gasteiger partial charge in [-0.25, -0.2) is 4.98 Å². The molecule has 0 bridgehead atoms. The van der Waals surface area contributed by atoms with Gasteiger partial charge >= 0.3 is 0 Å². The number of hydrogen-bond acceptors (Lipinski definition) is 6. The van der Waals surface area contributed by atoms with E-state index in [-0.39, 0.29) is 17.6 Å². The van der Waals surface area contributed by atoms with Gasteiger partial charge < -0.3 is 10.1 Å². The first kappa shape index (κ1) is 25.0. The molecule has 0 saturated heterocycles. The monoisotopic (exact) mass is 426 g/mol. The van der Waals surface area contributed by atoms with Gasteiger partial charge in [0, 0.05) is 30.7 Å². The Kier molecular flexibility index (Phi) is 10.6. The average Bonchev–Trinajstić information content (AvgIpc) is 2.62. The molecule has 1 aromatic heterocycles. The van der Waals surface area contributed by atoms with Crippen molar-refractivity contribution in [1.29, 1.82) is 0 Å². The van der Waals surface area contributed by atoms with Crippen LogP contribution in [0.25, 0.3) is 0 Å². The minimum atomic E-state index is -0.463. The van der Waals surface area contributed by atoms with Gasteiger partial charge in [-0.1, -0.05) is 30.7 Å². The van der Waals surface area contributed by atoms with E-state index in [1.807, 2.05) is 59.7 Å². The van der Waals surface area contributed by atoms with E-state index in [2.05, 4.69) is 10.3 Å². The number of ether oxygens (including phenoxy) is 1. The molecule has 0 spiro atoms. The van der Waals surface area contributed by atoms with Gasteiger partial charge in [0.05, 0.1) is 17.7 Å². The molecule has 5 nitrogen and oxygen atoms in total. The number of aromatic nitrogens is 1. The van der Waals surface area contributed by atoms with Crippen LogP contribution < -0.4 is 5.32 Å². The van der Waals surface area contributed by atoms with Gasteiger partial charge in [-0.2, -0.15) is 0 Å². The highest BCUT2D eigenvalue weighted by atomic mass is 33.1. The van der Waals surface area contributed by atoms with Gasteiger partial charge in [-0.15, -0.1) is 0 Å². The van der Waals surface area contributed by atoms with Crippen LogP contribution in [-0.2, 0) is 14.3 Å². The van der Waals surface area contributed by atoms with E-state index in [1.54, 1.807) is 27.8 Å². The second-order valence-corrected chi connectivity index (χ2v) is 10.9. The SMILES string of the molecule is CC(C)C(=O)CCC(C)(C)OCC(C)(C)NC(=O)CCSSc1ccccn1. The smallest absolute Gasteiger partial charge is 0.221 e. The van der Waals surface area contributed by atoms with Crippen molar-refractivity contribution in [2.45, 2.75) is 77.0 Å². The third kappa shape index (κ3) is 11.1. The van der Waals surface area contributed by atoms with E-state index in [4.69, 9.17) is 4.74 Å². The van der Waals surface area contributed by atoms with Crippen molar-refractivity contribution in [1.82, 2.24) is 10.3 Å². The number of carbonyl (C=O) groups is 2. The number of pyridine rings is 1. The lowest BCUT2D eigenvalue weighted by molar-refractivity contribution is -0.125. The zero-order valence-corrected chi connectivity index (χ0v) is 19.5. The van der Waals surface area contributed by atoms with E-state index in [0.29, 0.717) is 31.6 Å². The first-order chi connectivity index (χ1) is 13.0. The lowest BCUT2D eigenvalue weighted by Crippen LogP contribution is -2.48. The number of Topliss-reactive ketones (excluding diaryl/α,β-unsaturated/α-hetero) is 1. The van der Waals surface area contributed by atoms with Crippen molar-refractivity contribution in [2.75, 3.05) is 12.4 Å². The first-order valence-corrected chi connectivity index (χ1v) is 12.0. The second-order valence-electron chi connectivity index (χ2n) is 8.42. The van der Waals surface area contributed by atoms with Crippen LogP contribution in [0.3, 0.4) is 0 Å². The van der Waals surface area contributed by atoms with Gasteiger partial charge in [0.25, 0.3) is 0 Å². The largest absolute Gasteiger partial charge is 0.373 e. The van der Waals surface area contributed by atoms with E-state index in [0.717, 1.165) is 5.03 Å². The quantitative estimate of drug-likeness (QED) is 0.357. The number of ketones is 1. The van der Waals surface area contributed by atoms with Crippen LogP contribution in [0.5, 0.6) is 0 Å². The Balaban J connectivity index is 2.29. The predicted molar refractivity (Wildman–Crippen MR) is 119 cm³/mol. The summed E-state index contributed by atoms with van der Waals surface area (Å²) in [6.07, 6.45) is 3.40. The van der Waals surface area contributed by atoms with Gasteiger partial charge in [0.2, 0.25) is 5.91 Å². The minimum Gasteiger partial charge on any atom is -0.373 e. The number of nitrogens with one attached hydrogen (secondary N) is 1. The molecule has 1 aromatic rings. The maximum Gasteiger partial charge on any atom is 0.221 e. The zero-order valence-electron chi connectivity index (χ0n) is 17.9. The number of amides is 1. The van der Waals surface area contributed by atoms with Crippen molar-refractivity contribution in [2.24, 2.45) is 5.92 Å². The molecule has 158 valence electrons. The maximum absolute atomic E-state index is 12.2. The molecule has 1 rings (SSSR count). The molecule has 28 heavy (non-hydrogen) atoms. The lowest BCUT2D eigenvalue weighted by Gasteiger charge is -2.32. The van der Waals surface area contributed by atoms with Crippen molar-refractivity contribution in [3.8, 4) is 0 Å². The van der Waals surface area contributed by atoms with Crippen LogP contribution in [-0.4, -0.2) is 40.2 Å². The molecular formula is C21H34N2O3S2. The molecule has 0 radical (unpaired) electrons. The average molecular weight is 427 g/mol. The van der Waals surface area contributed by atoms with Crippen LogP contribution in [0, 0.1) is 5.92 Å². The molecule has 0 aliphatic heterocycles. The highest BCUT2D eigenvalue weighted by molar-refractivity contribution is 8.76. The summed E-state index contributed by atoms with van der Waals surface area (Å²) in [7, 11) is 3.20. The number of rotatable bonds is 13. The van der Waals surface area contributed by atoms with E-state index >= 15 is 0 Å². The topological polar surface area (TPSA) is 68.3 Å². The van der Waals surface area contributed by atoms with Crippen LogP contribution >= 0.6 is 21.6 Å². The summed E-state index contributed by atoms with van der Waals surface area (Å²) >= 11 is 0. The fourth-order valence-corrected chi connectivity index (χ4v) is 4.14. The fraction of sp³-hybridized carbons (Fsp3) is 0.667. The Hall–Kier alpha value is -1.05. The van der Waals surface area contributed by atoms with Crippen molar-refractivity contribution >= 4 is 33.3 Å². The summed E-state index contributed by atoms with van der Waals surface area (Å²) in [6.45, 7) is 12.1. The Bertz CT molecular complexity index is 619. The maximum atomic E-state index is 12.2. The molecule has 0 aromatic carbocycles. The Morgan fingerprint density at radius 1 is 1.18 bits per heavy atom. The Morgan fingerprint density at radius 3 is 2.50 bits per heavy atom. The van der Waals surface area contributed by atoms with Gasteiger partial charge in [0.15, 0.2) is 0 Å². The highest BCUT2D eigenvalue weighted by Crippen LogP contribution is 2.29. The second kappa shape index (κ2) is 11.8. The number of carbonyl (C=O) groups excluding carboxylic acids is 2. The van der Waals surface area contributed by atoms with Crippen molar-refractivity contribution < 1.29 is 14.3 Å². The Morgan fingerprint density at radius 2 is 1.89 bits per heavy atom. The molecule has 0 saturated carbocycles. The predicted octanol–water partition coefficient (Wildman–Crippen LogP) is 4.91. The minimum absolute atomic E-state index is 0.00973. The molecule has 7 heteroatoms. The van der Waals surface area contributed by atoms with Gasteiger partial charge in [0.1, 0.15) is 10.8 Å². The number of hydrogen-bond donors (Lipinski definition) is 1. The van der Waals surface area contributed by atoms with Gasteiger partial charge in [-0.3, -0.25) is 9.59 Å². The van der Waals surface area contributed by atoms with Crippen molar-refractivity contribution in [3.05, 3.63) is 24.4 Å².